The molecular weight excluding hydrogens is 330 g/mol. The van der Waals surface area contributed by atoms with Crippen LogP contribution in [0.5, 0.6) is 0 Å². The van der Waals surface area contributed by atoms with Crippen LogP contribution < -0.4 is 5.32 Å². The van der Waals surface area contributed by atoms with Crippen LogP contribution in [-0.4, -0.2) is 49.2 Å². The van der Waals surface area contributed by atoms with Crippen molar-refractivity contribution >= 4 is 5.82 Å². The molecule has 4 heterocycles. The fourth-order valence-electron chi connectivity index (χ4n) is 3.31. The quantitative estimate of drug-likeness (QED) is 0.753. The number of aryl methyl sites for hydroxylation is 1. The molecule has 0 spiro atoms. The van der Waals surface area contributed by atoms with Crippen molar-refractivity contribution in [3.8, 4) is 11.3 Å². The summed E-state index contributed by atoms with van der Waals surface area (Å²) in [6, 6.07) is 6.31. The van der Waals surface area contributed by atoms with Crippen molar-refractivity contribution in [2.24, 2.45) is 7.05 Å². The Morgan fingerprint density at radius 2 is 2.15 bits per heavy atom. The largest absolute Gasteiger partial charge is 0.366 e. The molecule has 0 aromatic carbocycles. The first-order valence-electron chi connectivity index (χ1n) is 8.90. The number of rotatable bonds is 5. The lowest BCUT2D eigenvalue weighted by Crippen LogP contribution is -2.38. The molecule has 3 aromatic heterocycles. The van der Waals surface area contributed by atoms with E-state index in [2.05, 4.69) is 30.7 Å². The summed E-state index contributed by atoms with van der Waals surface area (Å²) in [7, 11) is 1.93. The molecular formula is C18H23N7O. The second-order valence-electron chi connectivity index (χ2n) is 6.75. The molecule has 0 amide bonds. The Hall–Kier alpha value is -2.74. The van der Waals surface area contributed by atoms with Gasteiger partial charge in [-0.05, 0) is 31.9 Å². The van der Waals surface area contributed by atoms with Crippen LogP contribution in [0.15, 0.2) is 35.1 Å². The molecule has 1 aliphatic rings. The van der Waals surface area contributed by atoms with Crippen LogP contribution in [0.25, 0.3) is 11.3 Å². The van der Waals surface area contributed by atoms with E-state index < -0.39 is 0 Å². The summed E-state index contributed by atoms with van der Waals surface area (Å²) in [6.45, 7) is 4.84. The lowest BCUT2D eigenvalue weighted by molar-refractivity contribution is 0.189. The van der Waals surface area contributed by atoms with Crippen molar-refractivity contribution in [1.82, 2.24) is 30.0 Å². The number of nitrogens with one attached hydrogen (secondary N) is 1. The zero-order chi connectivity index (χ0) is 17.9. The van der Waals surface area contributed by atoms with E-state index in [1.807, 2.05) is 43.0 Å². The molecule has 26 heavy (non-hydrogen) atoms. The highest BCUT2D eigenvalue weighted by molar-refractivity contribution is 5.60. The van der Waals surface area contributed by atoms with E-state index in [1.165, 1.54) is 0 Å². The van der Waals surface area contributed by atoms with Gasteiger partial charge in [-0.3, -0.25) is 9.58 Å². The van der Waals surface area contributed by atoms with Crippen molar-refractivity contribution in [2.45, 2.75) is 32.4 Å². The third-order valence-electron chi connectivity index (χ3n) is 4.96. The van der Waals surface area contributed by atoms with E-state index >= 15 is 0 Å². The third-order valence-corrected chi connectivity index (χ3v) is 4.96. The zero-order valence-electron chi connectivity index (χ0n) is 15.1. The summed E-state index contributed by atoms with van der Waals surface area (Å²) < 4.78 is 7.39. The standard InChI is InChI=1S/C18H23N7O/c1-13-16(11-20-24(13)2)17-10-15(26-23-17)12-25-8-5-14(6-9-25)21-18-4-3-7-19-22-18/h3-4,7,10-11,14H,5-6,8-9,12H2,1-2H3,(H,21,22). The highest BCUT2D eigenvalue weighted by Gasteiger charge is 2.21. The van der Waals surface area contributed by atoms with Crippen molar-refractivity contribution in [3.63, 3.8) is 0 Å². The van der Waals surface area contributed by atoms with E-state index in [9.17, 15) is 0 Å². The van der Waals surface area contributed by atoms with Crippen molar-refractivity contribution in [3.05, 3.63) is 42.0 Å². The molecule has 1 fully saturated rings. The van der Waals surface area contributed by atoms with Crippen LogP contribution in [-0.2, 0) is 13.6 Å². The van der Waals surface area contributed by atoms with Crippen LogP contribution in [0.3, 0.4) is 0 Å². The van der Waals surface area contributed by atoms with Crippen molar-refractivity contribution in [1.29, 1.82) is 0 Å². The van der Waals surface area contributed by atoms with Crippen molar-refractivity contribution in [2.75, 3.05) is 18.4 Å². The van der Waals surface area contributed by atoms with Crippen molar-refractivity contribution < 1.29 is 4.52 Å². The molecule has 0 saturated carbocycles. The fourth-order valence-corrected chi connectivity index (χ4v) is 3.31. The van der Waals surface area contributed by atoms with E-state index in [0.717, 1.165) is 61.0 Å². The number of likely N-dealkylation sites (tertiary alicyclic amines) is 1. The molecule has 0 aliphatic carbocycles. The number of hydrogen-bond acceptors (Lipinski definition) is 7. The van der Waals surface area contributed by atoms with Crippen LogP contribution in [0.1, 0.15) is 24.3 Å². The maximum atomic E-state index is 5.55. The zero-order valence-corrected chi connectivity index (χ0v) is 15.1. The molecule has 0 bridgehead atoms. The van der Waals surface area contributed by atoms with Gasteiger partial charge in [-0.15, -0.1) is 5.10 Å². The van der Waals surface area contributed by atoms with E-state index in [-0.39, 0.29) is 0 Å². The lowest BCUT2D eigenvalue weighted by atomic mass is 10.0. The smallest absolute Gasteiger partial charge is 0.151 e. The summed E-state index contributed by atoms with van der Waals surface area (Å²) in [5, 5.41) is 19.9. The first-order chi connectivity index (χ1) is 12.7. The third kappa shape index (κ3) is 3.60. The minimum atomic E-state index is 0.436. The summed E-state index contributed by atoms with van der Waals surface area (Å²) >= 11 is 0. The molecule has 3 aromatic rings. The normalized spacial score (nSPS) is 16.1. The monoisotopic (exact) mass is 353 g/mol. The van der Waals surface area contributed by atoms with Crippen LogP contribution in [0.2, 0.25) is 0 Å². The number of piperidine rings is 1. The fraction of sp³-hybridized carbons (Fsp3) is 0.444. The average Bonchev–Trinajstić information content (AvgIpc) is 3.25. The van der Waals surface area contributed by atoms with Gasteiger partial charge in [-0.1, -0.05) is 5.16 Å². The molecule has 136 valence electrons. The molecule has 1 aliphatic heterocycles. The van der Waals surface area contributed by atoms with Gasteiger partial charge in [0.15, 0.2) is 5.76 Å². The Balaban J connectivity index is 1.31. The molecule has 0 radical (unpaired) electrons. The Morgan fingerprint density at radius 3 is 2.85 bits per heavy atom. The highest BCUT2D eigenvalue weighted by atomic mass is 16.5. The van der Waals surface area contributed by atoms with Gasteiger partial charge in [0, 0.05) is 49.7 Å². The summed E-state index contributed by atoms with van der Waals surface area (Å²) in [4.78, 5) is 2.40. The number of nitrogens with zero attached hydrogens (tertiary/aromatic N) is 6. The topological polar surface area (TPSA) is 84.9 Å². The van der Waals surface area contributed by atoms with Gasteiger partial charge in [0.1, 0.15) is 11.5 Å². The highest BCUT2D eigenvalue weighted by Crippen LogP contribution is 2.23. The summed E-state index contributed by atoms with van der Waals surface area (Å²) in [6.07, 6.45) is 5.66. The minimum absolute atomic E-state index is 0.436. The molecule has 8 heteroatoms. The van der Waals surface area contributed by atoms with Crippen LogP contribution in [0.4, 0.5) is 5.82 Å². The SMILES string of the molecule is Cc1c(-c2cc(CN3CCC(Nc4cccnn4)CC3)on2)cnn1C. The minimum Gasteiger partial charge on any atom is -0.366 e. The average molecular weight is 353 g/mol. The molecule has 0 unspecified atom stereocenters. The predicted molar refractivity (Wildman–Crippen MR) is 97.4 cm³/mol. The maximum absolute atomic E-state index is 5.55. The summed E-state index contributed by atoms with van der Waals surface area (Å²) in [5.74, 6) is 1.74. The second-order valence-corrected chi connectivity index (χ2v) is 6.75. The number of anilines is 1. The van der Waals surface area contributed by atoms with Gasteiger partial charge in [-0.25, -0.2) is 0 Å². The molecule has 1 saturated heterocycles. The maximum Gasteiger partial charge on any atom is 0.151 e. The van der Waals surface area contributed by atoms with E-state index in [4.69, 9.17) is 4.52 Å². The first kappa shape index (κ1) is 16.7. The Bertz CT molecular complexity index is 850. The number of aromatic nitrogens is 5. The van der Waals surface area contributed by atoms with Gasteiger partial charge >= 0.3 is 0 Å². The molecule has 4 rings (SSSR count). The van der Waals surface area contributed by atoms with Crippen LogP contribution >= 0.6 is 0 Å². The van der Waals surface area contributed by atoms with Gasteiger partial charge < -0.3 is 9.84 Å². The van der Waals surface area contributed by atoms with Gasteiger partial charge in [-0.2, -0.15) is 10.2 Å². The predicted octanol–water partition coefficient (Wildman–Crippen LogP) is 2.25. The van der Waals surface area contributed by atoms with Crippen LogP contribution in [0, 0.1) is 6.92 Å². The number of hydrogen-bond donors (Lipinski definition) is 1. The van der Waals surface area contributed by atoms with Gasteiger partial charge in [0.2, 0.25) is 0 Å². The van der Waals surface area contributed by atoms with Gasteiger partial charge in [0.05, 0.1) is 12.7 Å². The Labute approximate surface area is 152 Å². The summed E-state index contributed by atoms with van der Waals surface area (Å²) in [5.41, 5.74) is 2.96. The Morgan fingerprint density at radius 1 is 1.31 bits per heavy atom. The molecule has 1 N–H and O–H groups in total. The van der Waals surface area contributed by atoms with Gasteiger partial charge in [0.25, 0.3) is 0 Å². The molecule has 0 atom stereocenters. The molecule has 8 nitrogen and oxygen atoms in total. The lowest BCUT2D eigenvalue weighted by Gasteiger charge is -2.31. The Kier molecular flexibility index (Phi) is 4.66. The second kappa shape index (κ2) is 7.25. The van der Waals surface area contributed by atoms with E-state index in [1.54, 1.807) is 6.20 Å². The first-order valence-corrected chi connectivity index (χ1v) is 8.90. The van der Waals surface area contributed by atoms with E-state index in [0.29, 0.717) is 6.04 Å².